The predicted octanol–water partition coefficient (Wildman–Crippen LogP) is 1.81. The van der Waals surface area contributed by atoms with Gasteiger partial charge in [0.05, 0.1) is 13.0 Å². The zero-order chi connectivity index (χ0) is 8.43. The second-order valence-corrected chi connectivity index (χ2v) is 4.27. The van der Waals surface area contributed by atoms with Crippen LogP contribution in [-0.2, 0) is 9.53 Å². The molecule has 0 amide bonds. The van der Waals surface area contributed by atoms with Crippen LogP contribution in [0.15, 0.2) is 11.0 Å². The van der Waals surface area contributed by atoms with Crippen LogP contribution in [-0.4, -0.2) is 18.3 Å². The summed E-state index contributed by atoms with van der Waals surface area (Å²) in [4.78, 5) is 12.3. The maximum Gasteiger partial charge on any atom is 0.313 e. The van der Waals surface area contributed by atoms with E-state index in [4.69, 9.17) is 0 Å². The van der Waals surface area contributed by atoms with E-state index in [1.165, 1.54) is 12.0 Å². The van der Waals surface area contributed by atoms with E-state index >= 15 is 0 Å². The minimum atomic E-state index is -0.123. The normalized spacial score (nSPS) is 29.9. The molecule has 1 heterocycles. The molecule has 11 heavy (non-hydrogen) atoms. The number of allylic oxidation sites excluding steroid dienone is 1. The van der Waals surface area contributed by atoms with Crippen molar-refractivity contribution in [1.29, 1.82) is 0 Å². The average Bonchev–Trinajstić information content (AvgIpc) is 2.28. The van der Waals surface area contributed by atoms with Crippen molar-refractivity contribution in [2.24, 2.45) is 5.92 Å². The van der Waals surface area contributed by atoms with E-state index in [1.54, 1.807) is 11.8 Å². The Balaban J connectivity index is 2.65. The first-order chi connectivity index (χ1) is 5.15. The summed E-state index contributed by atoms with van der Waals surface area (Å²) in [5.74, 6) is -0.160. The Morgan fingerprint density at radius 3 is 2.73 bits per heavy atom. The van der Waals surface area contributed by atoms with Gasteiger partial charge in [0.2, 0.25) is 0 Å². The Labute approximate surface area is 71.0 Å². The quantitative estimate of drug-likeness (QED) is 0.564. The first kappa shape index (κ1) is 8.65. The summed E-state index contributed by atoms with van der Waals surface area (Å²) in [5, 5.41) is 0.336. The van der Waals surface area contributed by atoms with Gasteiger partial charge >= 0.3 is 5.97 Å². The smallest absolute Gasteiger partial charge is 0.313 e. The fraction of sp³-hybridized carbons (Fsp3) is 0.625. The molecule has 2 unspecified atom stereocenters. The lowest BCUT2D eigenvalue weighted by atomic mass is 10.1. The molecule has 0 aromatic heterocycles. The third kappa shape index (κ3) is 1.77. The second-order valence-electron chi connectivity index (χ2n) is 2.65. The summed E-state index contributed by atoms with van der Waals surface area (Å²) < 4.78 is 4.66. The molecule has 0 saturated carbocycles. The molecule has 2 atom stereocenters. The van der Waals surface area contributed by atoms with Crippen molar-refractivity contribution in [2.75, 3.05) is 7.11 Å². The highest BCUT2D eigenvalue weighted by molar-refractivity contribution is 8.03. The fourth-order valence-corrected chi connectivity index (χ4v) is 2.34. The molecule has 1 aliphatic rings. The lowest BCUT2D eigenvalue weighted by Crippen LogP contribution is -2.19. The Hall–Kier alpha value is -0.440. The fourth-order valence-electron chi connectivity index (χ4n) is 1.19. The Kier molecular flexibility index (Phi) is 2.60. The molecule has 0 aromatic carbocycles. The highest BCUT2D eigenvalue weighted by Crippen LogP contribution is 2.36. The van der Waals surface area contributed by atoms with E-state index in [-0.39, 0.29) is 11.9 Å². The van der Waals surface area contributed by atoms with Crippen molar-refractivity contribution < 1.29 is 9.53 Å². The van der Waals surface area contributed by atoms with E-state index in [9.17, 15) is 4.79 Å². The minimum absolute atomic E-state index is 0.0370. The summed E-state index contributed by atoms with van der Waals surface area (Å²) in [6.45, 7) is 4.06. The van der Waals surface area contributed by atoms with Gasteiger partial charge in [-0.15, -0.1) is 11.8 Å². The van der Waals surface area contributed by atoms with Crippen LogP contribution in [0.4, 0.5) is 0 Å². The highest BCUT2D eigenvalue weighted by Gasteiger charge is 2.29. The molecule has 0 bridgehead atoms. The van der Waals surface area contributed by atoms with E-state index < -0.39 is 0 Å². The average molecular weight is 172 g/mol. The Bertz CT molecular complexity index is 198. The number of thioether (sulfide) groups is 1. The maximum atomic E-state index is 11.1. The predicted molar refractivity (Wildman–Crippen MR) is 46.3 cm³/mol. The Morgan fingerprint density at radius 2 is 2.36 bits per heavy atom. The lowest BCUT2D eigenvalue weighted by molar-refractivity contribution is -0.143. The SMILES string of the molecule is COC(=O)C1C=C(C)SC1C. The van der Waals surface area contributed by atoms with Crippen molar-refractivity contribution in [3.05, 3.63) is 11.0 Å². The summed E-state index contributed by atoms with van der Waals surface area (Å²) >= 11 is 1.73. The van der Waals surface area contributed by atoms with Crippen LogP contribution in [0.25, 0.3) is 0 Å². The molecule has 62 valence electrons. The van der Waals surface area contributed by atoms with E-state index in [2.05, 4.69) is 4.74 Å². The Morgan fingerprint density at radius 1 is 1.73 bits per heavy atom. The van der Waals surface area contributed by atoms with E-state index in [0.29, 0.717) is 5.25 Å². The topological polar surface area (TPSA) is 26.3 Å². The molecular formula is C8H12O2S. The summed E-state index contributed by atoms with van der Waals surface area (Å²) in [6, 6.07) is 0. The van der Waals surface area contributed by atoms with Gasteiger partial charge in [0.15, 0.2) is 0 Å². The molecule has 0 spiro atoms. The van der Waals surface area contributed by atoms with Gasteiger partial charge in [-0.2, -0.15) is 0 Å². The van der Waals surface area contributed by atoms with Crippen molar-refractivity contribution in [3.63, 3.8) is 0 Å². The van der Waals surface area contributed by atoms with Crippen molar-refractivity contribution in [2.45, 2.75) is 19.1 Å². The molecule has 0 N–H and O–H groups in total. The number of rotatable bonds is 1. The zero-order valence-corrected chi connectivity index (χ0v) is 7.77. The van der Waals surface area contributed by atoms with Crippen LogP contribution in [0, 0.1) is 5.92 Å². The summed E-state index contributed by atoms with van der Waals surface area (Å²) in [7, 11) is 1.43. The third-order valence-corrected chi connectivity index (χ3v) is 2.94. The van der Waals surface area contributed by atoms with Crippen LogP contribution >= 0.6 is 11.8 Å². The molecule has 0 radical (unpaired) electrons. The van der Waals surface area contributed by atoms with Crippen molar-refractivity contribution in [3.8, 4) is 0 Å². The molecule has 2 nitrogen and oxygen atoms in total. The second kappa shape index (κ2) is 3.30. The summed E-state index contributed by atoms with van der Waals surface area (Å²) in [6.07, 6.45) is 1.97. The van der Waals surface area contributed by atoms with Gasteiger partial charge in [0.1, 0.15) is 0 Å². The van der Waals surface area contributed by atoms with Crippen molar-refractivity contribution >= 4 is 17.7 Å². The van der Waals surface area contributed by atoms with Gasteiger partial charge in [-0.3, -0.25) is 4.79 Å². The number of hydrogen-bond donors (Lipinski definition) is 0. The number of methoxy groups -OCH3 is 1. The number of esters is 1. The molecule has 1 aliphatic heterocycles. The molecule has 3 heteroatoms. The van der Waals surface area contributed by atoms with Crippen LogP contribution in [0.5, 0.6) is 0 Å². The van der Waals surface area contributed by atoms with Crippen LogP contribution in [0.2, 0.25) is 0 Å². The van der Waals surface area contributed by atoms with Gasteiger partial charge < -0.3 is 4.74 Å². The lowest BCUT2D eigenvalue weighted by Gasteiger charge is -2.09. The van der Waals surface area contributed by atoms with E-state index in [0.717, 1.165) is 0 Å². The summed E-state index contributed by atoms with van der Waals surface area (Å²) in [5.41, 5.74) is 0. The first-order valence-electron chi connectivity index (χ1n) is 3.58. The number of hydrogen-bond acceptors (Lipinski definition) is 3. The van der Waals surface area contributed by atoms with Crippen molar-refractivity contribution in [1.82, 2.24) is 0 Å². The van der Waals surface area contributed by atoms with Crippen LogP contribution < -0.4 is 0 Å². The molecule has 1 rings (SSSR count). The first-order valence-corrected chi connectivity index (χ1v) is 4.46. The largest absolute Gasteiger partial charge is 0.469 e. The highest BCUT2D eigenvalue weighted by atomic mass is 32.2. The van der Waals surface area contributed by atoms with Gasteiger partial charge in [0.25, 0.3) is 0 Å². The molecule has 0 aliphatic carbocycles. The van der Waals surface area contributed by atoms with Gasteiger partial charge in [-0.1, -0.05) is 13.0 Å². The molecule has 0 saturated heterocycles. The van der Waals surface area contributed by atoms with Gasteiger partial charge in [-0.05, 0) is 11.8 Å². The number of carbonyl (C=O) groups excluding carboxylic acids is 1. The third-order valence-electron chi connectivity index (χ3n) is 1.77. The van der Waals surface area contributed by atoms with E-state index in [1.807, 2.05) is 19.9 Å². The standard InChI is InChI=1S/C8H12O2S/c1-5-4-7(6(2)11-5)8(9)10-3/h4,6-7H,1-3H3. The van der Waals surface area contributed by atoms with Crippen LogP contribution in [0.3, 0.4) is 0 Å². The molecular weight excluding hydrogens is 160 g/mol. The molecule has 0 fully saturated rings. The number of ether oxygens (including phenoxy) is 1. The van der Waals surface area contributed by atoms with Crippen LogP contribution in [0.1, 0.15) is 13.8 Å². The number of carbonyl (C=O) groups is 1. The monoisotopic (exact) mass is 172 g/mol. The molecule has 0 aromatic rings. The minimum Gasteiger partial charge on any atom is -0.469 e. The maximum absolute atomic E-state index is 11.1. The van der Waals surface area contributed by atoms with Gasteiger partial charge in [0, 0.05) is 5.25 Å². The zero-order valence-electron chi connectivity index (χ0n) is 6.96. The van der Waals surface area contributed by atoms with Gasteiger partial charge in [-0.25, -0.2) is 0 Å².